The smallest absolute Gasteiger partial charge is 0.146 e. The van der Waals surface area contributed by atoms with Crippen molar-refractivity contribution < 1.29 is 4.39 Å². The van der Waals surface area contributed by atoms with E-state index in [4.69, 9.17) is 11.6 Å². The molecule has 4 heteroatoms. The molecular weight excluding hydrogens is 394 g/mol. The maximum absolute atomic E-state index is 14.1. The van der Waals surface area contributed by atoms with E-state index in [-0.39, 0.29) is 15.7 Å². The first kappa shape index (κ1) is 15.0. The van der Waals surface area contributed by atoms with Crippen LogP contribution in [0.1, 0.15) is 27.1 Å². The third-order valence-corrected chi connectivity index (χ3v) is 5.21. The third-order valence-electron chi connectivity index (χ3n) is 3.07. The minimum atomic E-state index is -0.369. The zero-order valence-electron chi connectivity index (χ0n) is 10.5. The van der Waals surface area contributed by atoms with Gasteiger partial charge in [-0.25, -0.2) is 4.39 Å². The van der Waals surface area contributed by atoms with E-state index in [0.717, 1.165) is 21.2 Å². The molecule has 0 radical (unpaired) electrons. The van der Waals surface area contributed by atoms with Gasteiger partial charge in [-0.15, -0.1) is 0 Å². The van der Waals surface area contributed by atoms with Crippen LogP contribution < -0.4 is 0 Å². The van der Waals surface area contributed by atoms with Gasteiger partial charge in [0.2, 0.25) is 0 Å². The molecule has 0 aliphatic carbocycles. The van der Waals surface area contributed by atoms with E-state index in [1.54, 1.807) is 18.2 Å². The second kappa shape index (κ2) is 5.94. The molecule has 0 saturated heterocycles. The summed E-state index contributed by atoms with van der Waals surface area (Å²) in [4.78, 5) is -0.210. The molecule has 19 heavy (non-hydrogen) atoms. The van der Waals surface area contributed by atoms with Gasteiger partial charge in [0.15, 0.2) is 0 Å². The highest BCUT2D eigenvalue weighted by atomic mass is 79.9. The van der Waals surface area contributed by atoms with Crippen LogP contribution in [0.2, 0.25) is 5.02 Å². The summed E-state index contributed by atoms with van der Waals surface area (Å²) in [6, 6.07) is 9.16. The zero-order chi connectivity index (χ0) is 14.2. The standard InChI is InChI=1S/C15H12Br2ClF/c1-8-7-12(16)9(2)6-11(8)14(17)10-4-3-5-13(18)15(10)19/h3-7,14H,1-2H3. The lowest BCUT2D eigenvalue weighted by atomic mass is 9.98. The largest absolute Gasteiger partial charge is 0.205 e. The van der Waals surface area contributed by atoms with Crippen LogP contribution in [0.25, 0.3) is 0 Å². The Bertz CT molecular complexity index is 626. The summed E-state index contributed by atoms with van der Waals surface area (Å²) < 4.78 is 15.1. The van der Waals surface area contributed by atoms with Crippen molar-refractivity contribution in [2.75, 3.05) is 0 Å². The summed E-state index contributed by atoms with van der Waals surface area (Å²) in [6.45, 7) is 4.03. The van der Waals surface area contributed by atoms with E-state index in [2.05, 4.69) is 37.9 Å². The molecule has 0 spiro atoms. The fraction of sp³-hybridized carbons (Fsp3) is 0.200. The van der Waals surface area contributed by atoms with Gasteiger partial charge in [-0.2, -0.15) is 0 Å². The second-order valence-electron chi connectivity index (χ2n) is 4.46. The number of rotatable bonds is 2. The molecule has 2 aromatic rings. The molecule has 100 valence electrons. The van der Waals surface area contributed by atoms with Crippen LogP contribution in [0.3, 0.4) is 0 Å². The highest BCUT2D eigenvalue weighted by Gasteiger charge is 2.19. The number of aryl methyl sites for hydroxylation is 2. The van der Waals surface area contributed by atoms with E-state index in [0.29, 0.717) is 5.56 Å². The first-order chi connectivity index (χ1) is 8.91. The first-order valence-corrected chi connectivity index (χ1v) is 7.85. The number of hydrogen-bond acceptors (Lipinski definition) is 0. The monoisotopic (exact) mass is 404 g/mol. The van der Waals surface area contributed by atoms with Crippen molar-refractivity contribution in [3.05, 3.63) is 67.9 Å². The minimum absolute atomic E-state index is 0.147. The molecule has 0 saturated carbocycles. The van der Waals surface area contributed by atoms with Crippen LogP contribution in [-0.4, -0.2) is 0 Å². The van der Waals surface area contributed by atoms with Crippen molar-refractivity contribution in [3.63, 3.8) is 0 Å². The molecule has 1 unspecified atom stereocenters. The van der Waals surface area contributed by atoms with E-state index in [1.165, 1.54) is 0 Å². The Morgan fingerprint density at radius 2 is 1.79 bits per heavy atom. The Labute approximate surface area is 134 Å². The zero-order valence-corrected chi connectivity index (χ0v) is 14.4. The highest BCUT2D eigenvalue weighted by Crippen LogP contribution is 2.37. The van der Waals surface area contributed by atoms with Crippen molar-refractivity contribution in [2.45, 2.75) is 18.7 Å². The Hall–Kier alpha value is -0.380. The van der Waals surface area contributed by atoms with Crippen LogP contribution in [0.15, 0.2) is 34.8 Å². The minimum Gasteiger partial charge on any atom is -0.205 e. The quantitative estimate of drug-likeness (QED) is 0.510. The van der Waals surface area contributed by atoms with Gasteiger partial charge in [-0.1, -0.05) is 61.7 Å². The SMILES string of the molecule is Cc1cc(C(Br)c2cccc(Cl)c2F)c(C)cc1Br. The Morgan fingerprint density at radius 1 is 1.11 bits per heavy atom. The summed E-state index contributed by atoms with van der Waals surface area (Å²) in [5, 5.41) is 0.147. The summed E-state index contributed by atoms with van der Waals surface area (Å²) in [5.41, 5.74) is 3.81. The lowest BCUT2D eigenvalue weighted by Gasteiger charge is -2.16. The Morgan fingerprint density at radius 3 is 2.47 bits per heavy atom. The topological polar surface area (TPSA) is 0 Å². The van der Waals surface area contributed by atoms with Gasteiger partial charge in [-0.3, -0.25) is 0 Å². The van der Waals surface area contributed by atoms with Crippen molar-refractivity contribution in [1.29, 1.82) is 0 Å². The van der Waals surface area contributed by atoms with Crippen molar-refractivity contribution in [1.82, 2.24) is 0 Å². The molecule has 0 fully saturated rings. The van der Waals surface area contributed by atoms with E-state index >= 15 is 0 Å². The van der Waals surface area contributed by atoms with Crippen LogP contribution in [0.5, 0.6) is 0 Å². The molecular formula is C15H12Br2ClF. The maximum Gasteiger partial charge on any atom is 0.146 e. The number of benzene rings is 2. The lowest BCUT2D eigenvalue weighted by Crippen LogP contribution is -2.00. The molecule has 0 bridgehead atoms. The number of hydrogen-bond donors (Lipinski definition) is 0. The lowest BCUT2D eigenvalue weighted by molar-refractivity contribution is 0.614. The predicted octanol–water partition coefficient (Wildman–Crippen LogP) is 6.34. The molecule has 2 rings (SSSR count). The Kier molecular flexibility index (Phi) is 4.70. The van der Waals surface area contributed by atoms with Crippen molar-refractivity contribution in [3.8, 4) is 0 Å². The van der Waals surface area contributed by atoms with E-state index < -0.39 is 0 Å². The average Bonchev–Trinajstić information content (AvgIpc) is 2.36. The van der Waals surface area contributed by atoms with Gasteiger partial charge in [0.25, 0.3) is 0 Å². The van der Waals surface area contributed by atoms with E-state index in [9.17, 15) is 4.39 Å². The van der Waals surface area contributed by atoms with Gasteiger partial charge in [0, 0.05) is 10.0 Å². The molecule has 0 aromatic heterocycles. The molecule has 2 aromatic carbocycles. The summed E-state index contributed by atoms with van der Waals surface area (Å²) in [6.07, 6.45) is 0. The van der Waals surface area contributed by atoms with Gasteiger partial charge in [0.05, 0.1) is 9.85 Å². The fourth-order valence-electron chi connectivity index (χ4n) is 1.96. The Balaban J connectivity index is 2.53. The van der Waals surface area contributed by atoms with Crippen LogP contribution in [0, 0.1) is 19.7 Å². The van der Waals surface area contributed by atoms with Crippen LogP contribution in [0.4, 0.5) is 4.39 Å². The molecule has 0 aliphatic rings. The summed E-state index contributed by atoms with van der Waals surface area (Å²) in [7, 11) is 0. The number of alkyl halides is 1. The second-order valence-corrected chi connectivity index (χ2v) is 6.64. The van der Waals surface area contributed by atoms with Gasteiger partial charge >= 0.3 is 0 Å². The van der Waals surface area contributed by atoms with E-state index in [1.807, 2.05) is 19.9 Å². The molecule has 0 N–H and O–H groups in total. The number of halogens is 4. The molecule has 0 nitrogen and oxygen atoms in total. The predicted molar refractivity (Wildman–Crippen MR) is 85.8 cm³/mol. The molecule has 1 atom stereocenters. The van der Waals surface area contributed by atoms with Crippen molar-refractivity contribution >= 4 is 43.5 Å². The normalized spacial score (nSPS) is 12.5. The summed E-state index contributed by atoms with van der Waals surface area (Å²) >= 11 is 12.9. The third kappa shape index (κ3) is 3.04. The summed E-state index contributed by atoms with van der Waals surface area (Å²) in [5.74, 6) is -0.369. The van der Waals surface area contributed by atoms with Gasteiger partial charge in [-0.05, 0) is 42.7 Å². The van der Waals surface area contributed by atoms with Gasteiger partial charge in [0.1, 0.15) is 5.82 Å². The van der Waals surface area contributed by atoms with Crippen LogP contribution in [-0.2, 0) is 0 Å². The average molecular weight is 407 g/mol. The first-order valence-electron chi connectivity index (χ1n) is 5.76. The fourth-order valence-corrected chi connectivity index (χ4v) is 3.45. The molecule has 0 amide bonds. The van der Waals surface area contributed by atoms with Gasteiger partial charge < -0.3 is 0 Å². The molecule has 0 aliphatic heterocycles. The maximum atomic E-state index is 14.1. The van der Waals surface area contributed by atoms with Crippen LogP contribution >= 0.6 is 43.5 Å². The van der Waals surface area contributed by atoms with Crippen molar-refractivity contribution in [2.24, 2.45) is 0 Å². The molecule has 0 heterocycles. The highest BCUT2D eigenvalue weighted by molar-refractivity contribution is 9.10.